The molecule has 0 bridgehead atoms. The fraction of sp³-hybridized carbons (Fsp3) is 0.333. The van der Waals surface area contributed by atoms with Crippen LogP contribution in [0.15, 0.2) is 23.1 Å². The molecule has 0 aliphatic carbocycles. The fourth-order valence-electron chi connectivity index (χ4n) is 1.20. The molecule has 0 radical (unpaired) electrons. The van der Waals surface area contributed by atoms with Crippen LogP contribution in [0.2, 0.25) is 0 Å². The third-order valence-corrected chi connectivity index (χ3v) is 1.84. The van der Waals surface area contributed by atoms with Crippen LogP contribution in [0.1, 0.15) is 5.89 Å². The molecule has 0 saturated carbocycles. The van der Waals surface area contributed by atoms with E-state index in [4.69, 9.17) is 4.42 Å². The Bertz CT molecular complexity index is 418. The first-order valence-electron chi connectivity index (χ1n) is 4.37. The second-order valence-electron chi connectivity index (χ2n) is 3.07. The smallest absolute Gasteiger partial charge is 0.208 e. The van der Waals surface area contributed by atoms with Crippen molar-refractivity contribution in [2.75, 3.05) is 7.05 Å². The number of aryl methyl sites for hydroxylation is 1. The summed E-state index contributed by atoms with van der Waals surface area (Å²) < 4.78 is 7.34. The van der Waals surface area contributed by atoms with Gasteiger partial charge in [-0.15, -0.1) is 0 Å². The van der Waals surface area contributed by atoms with Crippen molar-refractivity contribution >= 4 is 0 Å². The van der Waals surface area contributed by atoms with Crippen LogP contribution in [0.4, 0.5) is 0 Å². The maximum atomic E-state index is 5.47. The molecule has 0 saturated heterocycles. The number of aromatic nitrogens is 3. The number of nitrogens with one attached hydrogen (secondary N) is 1. The van der Waals surface area contributed by atoms with E-state index in [2.05, 4.69) is 15.3 Å². The molecule has 2 rings (SSSR count). The molecule has 5 heteroatoms. The van der Waals surface area contributed by atoms with Crippen molar-refractivity contribution in [3.8, 4) is 11.5 Å². The second-order valence-corrected chi connectivity index (χ2v) is 3.07. The number of imidazole rings is 1. The lowest BCUT2D eigenvalue weighted by atomic mass is 10.4. The highest BCUT2D eigenvalue weighted by molar-refractivity contribution is 5.48. The molecule has 0 atom stereocenters. The lowest BCUT2D eigenvalue weighted by Gasteiger charge is -1.90. The van der Waals surface area contributed by atoms with E-state index < -0.39 is 0 Å². The number of rotatable bonds is 3. The molecule has 5 nitrogen and oxygen atoms in total. The third-order valence-electron chi connectivity index (χ3n) is 1.84. The lowest BCUT2D eigenvalue weighted by Crippen LogP contribution is -2.04. The molecule has 2 heterocycles. The number of hydrogen-bond acceptors (Lipinski definition) is 4. The molecular weight excluding hydrogens is 180 g/mol. The highest BCUT2D eigenvalue weighted by Crippen LogP contribution is 2.17. The van der Waals surface area contributed by atoms with Gasteiger partial charge in [-0.1, -0.05) is 0 Å². The molecule has 0 aliphatic heterocycles. The van der Waals surface area contributed by atoms with Crippen LogP contribution in [-0.2, 0) is 13.6 Å². The van der Waals surface area contributed by atoms with Gasteiger partial charge in [-0.05, 0) is 7.05 Å². The second kappa shape index (κ2) is 3.63. The minimum atomic E-state index is 0.632. The van der Waals surface area contributed by atoms with Crippen LogP contribution in [0, 0.1) is 0 Å². The summed E-state index contributed by atoms with van der Waals surface area (Å²) in [5.74, 6) is 1.38. The summed E-state index contributed by atoms with van der Waals surface area (Å²) in [6.45, 7) is 0.632. The Labute approximate surface area is 81.8 Å². The summed E-state index contributed by atoms with van der Waals surface area (Å²) in [4.78, 5) is 8.28. The van der Waals surface area contributed by atoms with Gasteiger partial charge in [0.1, 0.15) is 5.69 Å². The Morgan fingerprint density at radius 1 is 1.50 bits per heavy atom. The van der Waals surface area contributed by atoms with Crippen molar-refractivity contribution in [3.63, 3.8) is 0 Å². The average Bonchev–Trinajstić information content (AvgIpc) is 2.74. The van der Waals surface area contributed by atoms with E-state index in [-0.39, 0.29) is 0 Å². The number of nitrogens with zero attached hydrogens (tertiary/aromatic N) is 3. The van der Waals surface area contributed by atoms with Crippen LogP contribution in [0.25, 0.3) is 11.5 Å². The standard InChI is InChI=1S/C9H12N4O/c1-10-4-9-11-3-8(14-9)7-5-13(2)6-12-7/h3,5-6,10H,4H2,1-2H3. The summed E-state index contributed by atoms with van der Waals surface area (Å²) in [7, 11) is 3.77. The molecule has 1 N–H and O–H groups in total. The Hall–Kier alpha value is -1.62. The summed E-state index contributed by atoms with van der Waals surface area (Å²) >= 11 is 0. The van der Waals surface area contributed by atoms with Gasteiger partial charge >= 0.3 is 0 Å². The summed E-state index contributed by atoms with van der Waals surface area (Å²) in [5.41, 5.74) is 0.808. The lowest BCUT2D eigenvalue weighted by molar-refractivity contribution is 0.490. The predicted molar refractivity (Wildman–Crippen MR) is 51.5 cm³/mol. The van der Waals surface area contributed by atoms with E-state index in [0.29, 0.717) is 18.2 Å². The SMILES string of the molecule is CNCc1ncc(-c2cn(C)cn2)o1. The average molecular weight is 192 g/mol. The summed E-state index contributed by atoms with van der Waals surface area (Å²) in [6, 6.07) is 0. The van der Waals surface area contributed by atoms with E-state index in [1.807, 2.05) is 24.9 Å². The van der Waals surface area contributed by atoms with Crippen molar-refractivity contribution in [1.82, 2.24) is 19.9 Å². The highest BCUT2D eigenvalue weighted by atomic mass is 16.4. The Kier molecular flexibility index (Phi) is 2.32. The van der Waals surface area contributed by atoms with E-state index in [1.165, 1.54) is 0 Å². The van der Waals surface area contributed by atoms with E-state index >= 15 is 0 Å². The maximum absolute atomic E-state index is 5.47. The summed E-state index contributed by atoms with van der Waals surface area (Å²) in [5, 5.41) is 2.97. The monoisotopic (exact) mass is 192 g/mol. The molecule has 0 unspecified atom stereocenters. The molecule has 0 amide bonds. The molecule has 2 aromatic rings. The van der Waals surface area contributed by atoms with Crippen LogP contribution in [0.3, 0.4) is 0 Å². The predicted octanol–water partition coefficient (Wildman–Crippen LogP) is 0.794. The quantitative estimate of drug-likeness (QED) is 0.781. The van der Waals surface area contributed by atoms with Gasteiger partial charge in [-0.25, -0.2) is 9.97 Å². The zero-order valence-corrected chi connectivity index (χ0v) is 8.19. The molecule has 0 aliphatic rings. The van der Waals surface area contributed by atoms with Crippen molar-refractivity contribution in [2.45, 2.75) is 6.54 Å². The maximum Gasteiger partial charge on any atom is 0.208 e. The first kappa shape index (κ1) is 8.96. The van der Waals surface area contributed by atoms with Gasteiger partial charge in [0.05, 0.1) is 19.1 Å². The zero-order valence-electron chi connectivity index (χ0n) is 8.19. The largest absolute Gasteiger partial charge is 0.438 e. The van der Waals surface area contributed by atoms with Gasteiger partial charge in [0.25, 0.3) is 0 Å². The van der Waals surface area contributed by atoms with Gasteiger partial charge in [-0.2, -0.15) is 0 Å². The van der Waals surface area contributed by atoms with Crippen LogP contribution in [-0.4, -0.2) is 21.6 Å². The Balaban J connectivity index is 2.24. The van der Waals surface area contributed by atoms with Crippen LogP contribution >= 0.6 is 0 Å². The number of hydrogen-bond donors (Lipinski definition) is 1. The molecule has 14 heavy (non-hydrogen) atoms. The molecule has 0 fully saturated rings. The number of oxazole rings is 1. The van der Waals surface area contributed by atoms with Crippen molar-refractivity contribution in [3.05, 3.63) is 24.6 Å². The topological polar surface area (TPSA) is 55.9 Å². The Morgan fingerprint density at radius 2 is 2.36 bits per heavy atom. The zero-order chi connectivity index (χ0) is 9.97. The first-order valence-corrected chi connectivity index (χ1v) is 4.37. The fourth-order valence-corrected chi connectivity index (χ4v) is 1.20. The van der Waals surface area contributed by atoms with Gasteiger partial charge in [-0.3, -0.25) is 0 Å². The van der Waals surface area contributed by atoms with Gasteiger partial charge < -0.3 is 14.3 Å². The minimum Gasteiger partial charge on any atom is -0.438 e. The molecule has 2 aromatic heterocycles. The summed E-state index contributed by atoms with van der Waals surface area (Å²) in [6.07, 6.45) is 5.31. The highest BCUT2D eigenvalue weighted by Gasteiger charge is 2.07. The first-order chi connectivity index (χ1) is 6.79. The van der Waals surface area contributed by atoms with E-state index in [9.17, 15) is 0 Å². The van der Waals surface area contributed by atoms with Gasteiger partial charge in [0, 0.05) is 13.2 Å². The van der Waals surface area contributed by atoms with Crippen LogP contribution < -0.4 is 5.32 Å². The Morgan fingerprint density at radius 3 is 3.00 bits per heavy atom. The van der Waals surface area contributed by atoms with Gasteiger partial charge in [0.15, 0.2) is 5.76 Å². The van der Waals surface area contributed by atoms with E-state index in [1.54, 1.807) is 12.5 Å². The minimum absolute atomic E-state index is 0.632. The molecular formula is C9H12N4O. The van der Waals surface area contributed by atoms with E-state index in [0.717, 1.165) is 5.69 Å². The van der Waals surface area contributed by atoms with Crippen molar-refractivity contribution < 1.29 is 4.42 Å². The normalized spacial score (nSPS) is 10.7. The molecule has 0 aromatic carbocycles. The third kappa shape index (κ3) is 1.67. The van der Waals surface area contributed by atoms with Gasteiger partial charge in [0.2, 0.25) is 5.89 Å². The van der Waals surface area contributed by atoms with Crippen molar-refractivity contribution in [1.29, 1.82) is 0 Å². The van der Waals surface area contributed by atoms with Crippen molar-refractivity contribution in [2.24, 2.45) is 7.05 Å². The molecule has 0 spiro atoms. The molecule has 74 valence electrons. The van der Waals surface area contributed by atoms with Crippen LogP contribution in [0.5, 0.6) is 0 Å².